The van der Waals surface area contributed by atoms with E-state index in [-0.39, 0.29) is 5.91 Å². The number of ether oxygens (including phenoxy) is 2. The van der Waals surface area contributed by atoms with Crippen LogP contribution in [0.3, 0.4) is 0 Å². The van der Waals surface area contributed by atoms with E-state index in [9.17, 15) is 9.59 Å². The molecule has 2 N–H and O–H groups in total. The fourth-order valence-electron chi connectivity index (χ4n) is 2.84. The maximum absolute atomic E-state index is 12.5. The molecule has 0 fully saturated rings. The molecule has 3 aromatic rings. The molecule has 0 aliphatic rings. The van der Waals surface area contributed by atoms with Gasteiger partial charge in [0.15, 0.2) is 0 Å². The van der Waals surface area contributed by atoms with Gasteiger partial charge in [0, 0.05) is 29.1 Å². The molecule has 26 heavy (non-hydrogen) atoms. The van der Waals surface area contributed by atoms with Crippen molar-refractivity contribution >= 4 is 22.8 Å². The van der Waals surface area contributed by atoms with Crippen LogP contribution >= 0.6 is 0 Å². The number of benzene rings is 2. The highest BCUT2D eigenvalue weighted by Crippen LogP contribution is 2.19. The van der Waals surface area contributed by atoms with Gasteiger partial charge in [-0.25, -0.2) is 4.79 Å². The van der Waals surface area contributed by atoms with E-state index in [1.165, 1.54) is 7.11 Å². The van der Waals surface area contributed by atoms with E-state index in [1.807, 2.05) is 30.5 Å². The van der Waals surface area contributed by atoms with E-state index in [0.29, 0.717) is 17.7 Å². The molecule has 0 aliphatic carbocycles. The molecule has 0 spiro atoms. The van der Waals surface area contributed by atoms with Gasteiger partial charge in [-0.15, -0.1) is 0 Å². The summed E-state index contributed by atoms with van der Waals surface area (Å²) in [5.41, 5.74) is 2.36. The molecule has 0 saturated heterocycles. The van der Waals surface area contributed by atoms with Crippen LogP contribution in [0.4, 0.5) is 0 Å². The number of methoxy groups -OCH3 is 2. The maximum atomic E-state index is 12.5. The van der Waals surface area contributed by atoms with Gasteiger partial charge in [-0.1, -0.05) is 18.2 Å². The van der Waals surface area contributed by atoms with Gasteiger partial charge in [-0.05, 0) is 35.9 Å². The summed E-state index contributed by atoms with van der Waals surface area (Å²) in [6.45, 7) is 0. The Morgan fingerprint density at radius 3 is 2.50 bits per heavy atom. The Morgan fingerprint density at radius 1 is 1.08 bits per heavy atom. The van der Waals surface area contributed by atoms with E-state index in [2.05, 4.69) is 10.3 Å². The summed E-state index contributed by atoms with van der Waals surface area (Å²) in [5, 5.41) is 3.77. The van der Waals surface area contributed by atoms with E-state index in [0.717, 1.165) is 16.5 Å². The smallest absolute Gasteiger partial charge is 0.328 e. The second kappa shape index (κ2) is 7.74. The van der Waals surface area contributed by atoms with E-state index in [4.69, 9.17) is 9.47 Å². The van der Waals surface area contributed by atoms with Gasteiger partial charge in [0.25, 0.3) is 5.91 Å². The average molecular weight is 352 g/mol. The monoisotopic (exact) mass is 352 g/mol. The Bertz CT molecular complexity index is 915. The minimum Gasteiger partial charge on any atom is -0.497 e. The van der Waals surface area contributed by atoms with Crippen LogP contribution in [0.5, 0.6) is 5.75 Å². The molecular formula is C20H20N2O4. The van der Waals surface area contributed by atoms with Crippen molar-refractivity contribution in [3.05, 3.63) is 65.9 Å². The Labute approximate surface area is 151 Å². The number of carbonyl (C=O) groups is 2. The highest BCUT2D eigenvalue weighted by atomic mass is 16.5. The molecule has 1 unspecified atom stereocenters. The summed E-state index contributed by atoms with van der Waals surface area (Å²) in [6, 6.07) is 13.7. The SMILES string of the molecule is COC(=O)C(Cc1c[nH]c2ccccc12)NC(=O)c1ccc(OC)cc1. The number of aromatic nitrogens is 1. The summed E-state index contributed by atoms with van der Waals surface area (Å²) in [7, 11) is 2.87. The van der Waals surface area contributed by atoms with Crippen molar-refractivity contribution in [1.29, 1.82) is 0 Å². The first-order chi connectivity index (χ1) is 12.6. The number of amides is 1. The Hall–Kier alpha value is -3.28. The molecule has 0 radical (unpaired) electrons. The Balaban J connectivity index is 1.79. The number of nitrogens with one attached hydrogen (secondary N) is 2. The van der Waals surface area contributed by atoms with Crippen LogP contribution in [0, 0.1) is 0 Å². The fourth-order valence-corrected chi connectivity index (χ4v) is 2.84. The summed E-state index contributed by atoms with van der Waals surface area (Å²) in [5.74, 6) is -0.176. The molecule has 0 saturated carbocycles. The molecule has 1 heterocycles. The lowest BCUT2D eigenvalue weighted by Gasteiger charge is -2.16. The topological polar surface area (TPSA) is 80.4 Å². The van der Waals surface area contributed by atoms with Crippen LogP contribution in [0.15, 0.2) is 54.7 Å². The lowest BCUT2D eigenvalue weighted by molar-refractivity contribution is -0.142. The van der Waals surface area contributed by atoms with Crippen LogP contribution in [-0.2, 0) is 16.0 Å². The lowest BCUT2D eigenvalue weighted by atomic mass is 10.0. The number of carbonyl (C=O) groups excluding carboxylic acids is 2. The first-order valence-corrected chi connectivity index (χ1v) is 8.20. The minimum absolute atomic E-state index is 0.332. The van der Waals surface area contributed by atoms with Gasteiger partial charge >= 0.3 is 5.97 Å². The summed E-state index contributed by atoms with van der Waals surface area (Å²) < 4.78 is 9.95. The number of rotatable bonds is 6. The van der Waals surface area contributed by atoms with Crippen molar-refractivity contribution in [2.75, 3.05) is 14.2 Å². The molecule has 2 aromatic carbocycles. The number of fused-ring (bicyclic) bond motifs is 1. The third-order valence-electron chi connectivity index (χ3n) is 4.24. The van der Waals surface area contributed by atoms with Crippen molar-refractivity contribution < 1.29 is 19.1 Å². The highest BCUT2D eigenvalue weighted by Gasteiger charge is 2.23. The average Bonchev–Trinajstić information content (AvgIpc) is 3.09. The molecule has 6 nitrogen and oxygen atoms in total. The number of H-pyrrole nitrogens is 1. The number of aromatic amines is 1. The second-order valence-electron chi connectivity index (χ2n) is 5.84. The summed E-state index contributed by atoms with van der Waals surface area (Å²) in [4.78, 5) is 27.8. The van der Waals surface area contributed by atoms with Crippen molar-refractivity contribution in [2.24, 2.45) is 0 Å². The van der Waals surface area contributed by atoms with Gasteiger partial charge in [-0.3, -0.25) is 4.79 Å². The lowest BCUT2D eigenvalue weighted by Crippen LogP contribution is -2.43. The Kier molecular flexibility index (Phi) is 5.22. The highest BCUT2D eigenvalue weighted by molar-refractivity contribution is 5.97. The van der Waals surface area contributed by atoms with Crippen LogP contribution in [0.25, 0.3) is 10.9 Å². The predicted octanol–water partition coefficient (Wildman–Crippen LogP) is 2.69. The molecule has 6 heteroatoms. The first kappa shape index (κ1) is 17.5. The Morgan fingerprint density at radius 2 is 1.81 bits per heavy atom. The standard InChI is InChI=1S/C20H20N2O4/c1-25-15-9-7-13(8-10-15)19(23)22-18(20(24)26-2)11-14-12-21-17-6-4-3-5-16(14)17/h3-10,12,18,21H,11H2,1-2H3,(H,22,23). The van der Waals surface area contributed by atoms with Crippen LogP contribution in [-0.4, -0.2) is 37.1 Å². The normalized spacial score (nSPS) is 11.8. The van der Waals surface area contributed by atoms with Gasteiger partial charge in [0.05, 0.1) is 14.2 Å². The zero-order valence-corrected chi connectivity index (χ0v) is 14.6. The van der Waals surface area contributed by atoms with Crippen molar-refractivity contribution in [3.8, 4) is 5.75 Å². The van der Waals surface area contributed by atoms with Crippen LogP contribution < -0.4 is 10.1 Å². The van der Waals surface area contributed by atoms with E-state index < -0.39 is 12.0 Å². The third kappa shape index (κ3) is 3.69. The zero-order chi connectivity index (χ0) is 18.5. The van der Waals surface area contributed by atoms with E-state index >= 15 is 0 Å². The summed E-state index contributed by atoms with van der Waals surface area (Å²) in [6.07, 6.45) is 2.18. The first-order valence-electron chi connectivity index (χ1n) is 8.20. The van der Waals surface area contributed by atoms with Gasteiger partial charge in [-0.2, -0.15) is 0 Å². The number of hydrogen-bond donors (Lipinski definition) is 2. The van der Waals surface area contributed by atoms with Crippen molar-refractivity contribution in [1.82, 2.24) is 10.3 Å². The second-order valence-corrected chi connectivity index (χ2v) is 5.84. The molecule has 0 bridgehead atoms. The predicted molar refractivity (Wildman–Crippen MR) is 98.3 cm³/mol. The van der Waals surface area contributed by atoms with Crippen molar-refractivity contribution in [3.63, 3.8) is 0 Å². The molecule has 134 valence electrons. The minimum atomic E-state index is -0.784. The maximum Gasteiger partial charge on any atom is 0.328 e. The molecular weight excluding hydrogens is 332 g/mol. The third-order valence-corrected chi connectivity index (χ3v) is 4.24. The molecule has 1 amide bonds. The van der Waals surface area contributed by atoms with Gasteiger partial charge in [0.2, 0.25) is 0 Å². The van der Waals surface area contributed by atoms with Gasteiger partial charge in [0.1, 0.15) is 11.8 Å². The molecule has 1 atom stereocenters. The number of esters is 1. The van der Waals surface area contributed by atoms with Crippen molar-refractivity contribution in [2.45, 2.75) is 12.5 Å². The zero-order valence-electron chi connectivity index (χ0n) is 14.6. The van der Waals surface area contributed by atoms with E-state index in [1.54, 1.807) is 31.4 Å². The van der Waals surface area contributed by atoms with Crippen LogP contribution in [0.1, 0.15) is 15.9 Å². The van der Waals surface area contributed by atoms with Crippen LogP contribution in [0.2, 0.25) is 0 Å². The molecule has 3 rings (SSSR count). The quantitative estimate of drug-likeness (QED) is 0.669. The summed E-state index contributed by atoms with van der Waals surface area (Å²) >= 11 is 0. The number of hydrogen-bond acceptors (Lipinski definition) is 4. The fraction of sp³-hybridized carbons (Fsp3) is 0.200. The number of para-hydroxylation sites is 1. The largest absolute Gasteiger partial charge is 0.497 e. The molecule has 1 aromatic heterocycles. The molecule has 0 aliphatic heterocycles. The van der Waals surface area contributed by atoms with Gasteiger partial charge < -0.3 is 19.8 Å².